The van der Waals surface area contributed by atoms with Crippen molar-refractivity contribution in [3.8, 4) is 5.75 Å². The first-order chi connectivity index (χ1) is 22.5. The first-order valence-corrected chi connectivity index (χ1v) is 16.8. The predicted molar refractivity (Wildman–Crippen MR) is 173 cm³/mol. The molecule has 0 radical (unpaired) electrons. The number of carbonyl (C=O) groups is 3. The Hall–Kier alpha value is -3.95. The van der Waals surface area contributed by atoms with Gasteiger partial charge in [-0.2, -0.15) is 0 Å². The molecule has 1 aliphatic carbocycles. The topological polar surface area (TPSA) is 99.6 Å². The minimum atomic E-state index is -1.33. The zero-order chi connectivity index (χ0) is 31.8. The van der Waals surface area contributed by atoms with Crippen molar-refractivity contribution in [2.75, 3.05) is 31.2 Å². The molecule has 7 rings (SSSR count). The van der Waals surface area contributed by atoms with Gasteiger partial charge < -0.3 is 29.3 Å². The number of likely N-dealkylation sites (tertiary alicyclic amines) is 1. The monoisotopic (exact) mass is 625 g/mol. The Bertz CT molecular complexity index is 1500. The second-order valence-electron chi connectivity index (χ2n) is 13.1. The van der Waals surface area contributed by atoms with Crippen LogP contribution >= 0.6 is 0 Å². The van der Waals surface area contributed by atoms with Gasteiger partial charge in [0.2, 0.25) is 17.7 Å². The molecular formula is C37H43N3O6. The molecule has 242 valence electrons. The van der Waals surface area contributed by atoms with E-state index in [4.69, 9.17) is 9.47 Å². The summed E-state index contributed by atoms with van der Waals surface area (Å²) < 4.78 is 12.5. The molecule has 1 N–H and O–H groups in total. The molecule has 2 saturated heterocycles. The van der Waals surface area contributed by atoms with Crippen molar-refractivity contribution in [1.29, 1.82) is 0 Å². The van der Waals surface area contributed by atoms with E-state index >= 15 is 0 Å². The van der Waals surface area contributed by atoms with Crippen LogP contribution in [-0.2, 0) is 25.5 Å². The molecule has 0 bridgehead atoms. The lowest BCUT2D eigenvalue weighted by atomic mass is 9.77. The highest BCUT2D eigenvalue weighted by molar-refractivity contribution is 6.04. The number of aliphatic hydroxyl groups excluding tert-OH is 1. The molecule has 46 heavy (non-hydrogen) atoms. The summed E-state index contributed by atoms with van der Waals surface area (Å²) in [4.78, 5) is 49.4. The van der Waals surface area contributed by atoms with Crippen LogP contribution in [0.4, 0.5) is 5.69 Å². The van der Waals surface area contributed by atoms with Crippen LogP contribution in [-0.4, -0.2) is 88.8 Å². The SMILES string of the molecule is CCOc1ccc(N2CC=C[C@H]3O[C@]45C=CCN(C6CCCCC6)C(=O)C4N([C@@H](CO)Cc4ccccc4)C(=O)[C@@H]5[C@H]3C2=O)cc1. The van der Waals surface area contributed by atoms with Crippen molar-refractivity contribution in [2.24, 2.45) is 11.8 Å². The van der Waals surface area contributed by atoms with Gasteiger partial charge in [-0.25, -0.2) is 0 Å². The van der Waals surface area contributed by atoms with E-state index in [0.29, 0.717) is 37.6 Å². The molecule has 2 aromatic carbocycles. The van der Waals surface area contributed by atoms with E-state index in [9.17, 15) is 19.5 Å². The molecule has 5 aliphatic rings. The Morgan fingerprint density at radius 1 is 0.935 bits per heavy atom. The third kappa shape index (κ3) is 5.14. The summed E-state index contributed by atoms with van der Waals surface area (Å²) in [6.45, 7) is 2.91. The van der Waals surface area contributed by atoms with Crippen molar-refractivity contribution >= 4 is 23.4 Å². The summed E-state index contributed by atoms with van der Waals surface area (Å²) in [6, 6.07) is 15.5. The highest BCUT2D eigenvalue weighted by Crippen LogP contribution is 2.54. The fourth-order valence-electron chi connectivity index (χ4n) is 8.47. The Kier molecular flexibility index (Phi) is 8.46. The van der Waals surface area contributed by atoms with Gasteiger partial charge in [-0.15, -0.1) is 0 Å². The highest BCUT2D eigenvalue weighted by Gasteiger charge is 2.72. The second-order valence-corrected chi connectivity index (χ2v) is 13.1. The third-order valence-corrected chi connectivity index (χ3v) is 10.5. The first-order valence-electron chi connectivity index (χ1n) is 16.8. The third-order valence-electron chi connectivity index (χ3n) is 10.5. The largest absolute Gasteiger partial charge is 0.494 e. The number of nitrogens with zero attached hydrogens (tertiary/aromatic N) is 3. The maximum Gasteiger partial charge on any atom is 0.249 e. The number of ether oxygens (including phenoxy) is 2. The van der Waals surface area contributed by atoms with E-state index in [1.54, 1.807) is 9.80 Å². The van der Waals surface area contributed by atoms with E-state index in [1.807, 2.05) is 90.7 Å². The minimum Gasteiger partial charge on any atom is -0.494 e. The number of carbonyl (C=O) groups excluding carboxylic acids is 3. The van der Waals surface area contributed by atoms with E-state index < -0.39 is 35.6 Å². The molecule has 6 atom stereocenters. The van der Waals surface area contributed by atoms with E-state index in [2.05, 4.69) is 0 Å². The van der Waals surface area contributed by atoms with Gasteiger partial charge in [0.05, 0.1) is 37.2 Å². The molecule has 4 heterocycles. The van der Waals surface area contributed by atoms with Gasteiger partial charge in [0.25, 0.3) is 0 Å². The molecule has 1 saturated carbocycles. The van der Waals surface area contributed by atoms with Gasteiger partial charge >= 0.3 is 0 Å². The average molecular weight is 626 g/mol. The lowest BCUT2D eigenvalue weighted by Gasteiger charge is -2.41. The van der Waals surface area contributed by atoms with Crippen LogP contribution < -0.4 is 9.64 Å². The van der Waals surface area contributed by atoms with Crippen LogP contribution in [0.1, 0.15) is 44.6 Å². The molecule has 9 nitrogen and oxygen atoms in total. The van der Waals surface area contributed by atoms with Crippen LogP contribution in [0.15, 0.2) is 78.9 Å². The molecule has 1 unspecified atom stereocenters. The molecule has 4 aliphatic heterocycles. The zero-order valence-electron chi connectivity index (χ0n) is 26.4. The average Bonchev–Trinajstić information content (AvgIpc) is 3.40. The summed E-state index contributed by atoms with van der Waals surface area (Å²) in [7, 11) is 0. The molecule has 2 aromatic rings. The maximum atomic E-state index is 14.9. The maximum absolute atomic E-state index is 14.9. The van der Waals surface area contributed by atoms with Crippen LogP contribution in [0.3, 0.4) is 0 Å². The Balaban J connectivity index is 1.29. The summed E-state index contributed by atoms with van der Waals surface area (Å²) in [5, 5.41) is 10.8. The van der Waals surface area contributed by atoms with Crippen LogP contribution in [0.25, 0.3) is 0 Å². The van der Waals surface area contributed by atoms with Gasteiger partial charge in [0.15, 0.2) is 0 Å². The molecule has 3 amide bonds. The lowest BCUT2D eigenvalue weighted by Crippen LogP contribution is -2.60. The van der Waals surface area contributed by atoms with Gasteiger partial charge in [-0.3, -0.25) is 14.4 Å². The number of hydrogen-bond acceptors (Lipinski definition) is 6. The lowest BCUT2D eigenvalue weighted by molar-refractivity contribution is -0.152. The molecule has 1 spiro atoms. The van der Waals surface area contributed by atoms with Crippen LogP contribution in [0, 0.1) is 11.8 Å². The fourth-order valence-corrected chi connectivity index (χ4v) is 8.47. The number of amides is 3. The number of fused-ring (bicyclic) bond motifs is 2. The van der Waals surface area contributed by atoms with Crippen molar-refractivity contribution < 1.29 is 29.0 Å². The summed E-state index contributed by atoms with van der Waals surface area (Å²) in [5.74, 6) is -1.72. The molecular weight excluding hydrogens is 582 g/mol. The fraction of sp³-hybridized carbons (Fsp3) is 0.486. The van der Waals surface area contributed by atoms with E-state index in [0.717, 1.165) is 37.7 Å². The van der Waals surface area contributed by atoms with Crippen molar-refractivity contribution in [1.82, 2.24) is 9.80 Å². The normalized spacial score (nSPS) is 30.1. The number of anilines is 1. The van der Waals surface area contributed by atoms with Crippen molar-refractivity contribution in [3.63, 3.8) is 0 Å². The van der Waals surface area contributed by atoms with Crippen molar-refractivity contribution in [2.45, 2.75) is 75.3 Å². The quantitative estimate of drug-likeness (QED) is 0.447. The van der Waals surface area contributed by atoms with E-state index in [1.165, 1.54) is 0 Å². The number of rotatable bonds is 8. The number of aliphatic hydroxyl groups is 1. The highest BCUT2D eigenvalue weighted by atomic mass is 16.5. The molecule has 9 heteroatoms. The first kappa shape index (κ1) is 30.7. The van der Waals surface area contributed by atoms with Gasteiger partial charge in [-0.05, 0) is 56.0 Å². The predicted octanol–water partition coefficient (Wildman–Crippen LogP) is 3.90. The van der Waals surface area contributed by atoms with Crippen LogP contribution in [0.2, 0.25) is 0 Å². The zero-order valence-corrected chi connectivity index (χ0v) is 26.4. The van der Waals surface area contributed by atoms with Gasteiger partial charge in [0.1, 0.15) is 17.4 Å². The van der Waals surface area contributed by atoms with Crippen LogP contribution in [0.5, 0.6) is 5.75 Å². The molecule has 0 aromatic heterocycles. The minimum absolute atomic E-state index is 0.0855. The number of hydrogen-bond donors (Lipinski definition) is 1. The van der Waals surface area contributed by atoms with Crippen molar-refractivity contribution in [3.05, 3.63) is 84.5 Å². The van der Waals surface area contributed by atoms with Gasteiger partial charge in [-0.1, -0.05) is 73.9 Å². The Labute approximate surface area is 270 Å². The Morgan fingerprint density at radius 2 is 1.70 bits per heavy atom. The summed E-state index contributed by atoms with van der Waals surface area (Å²) >= 11 is 0. The van der Waals surface area contributed by atoms with E-state index in [-0.39, 0.29) is 30.4 Å². The summed E-state index contributed by atoms with van der Waals surface area (Å²) in [6.07, 6.45) is 12.5. The molecule has 3 fully saturated rings. The summed E-state index contributed by atoms with van der Waals surface area (Å²) in [5.41, 5.74) is 0.320. The standard InChI is InChI=1S/C37H43N3O6/c1-2-45-29-18-16-27(17-19-29)38-21-9-15-30-31(34(38)42)32-35(43)40(28(24-41)23-25-11-5-3-6-12-25)33-36(44)39(26-13-7-4-8-14-26)22-10-20-37(32,33)46-30/h3,5-6,9-12,15-20,26,28,30-33,41H,2,4,7-8,13-14,21-24H2,1H3/t28-,30-,31+,32+,33?,37+/m1/s1. The smallest absolute Gasteiger partial charge is 0.249 e. The number of benzene rings is 2. The second kappa shape index (κ2) is 12.7. The van der Waals surface area contributed by atoms with Gasteiger partial charge in [0, 0.05) is 24.8 Å². The Morgan fingerprint density at radius 3 is 2.41 bits per heavy atom.